The lowest BCUT2D eigenvalue weighted by Crippen LogP contribution is -2.58. The summed E-state index contributed by atoms with van der Waals surface area (Å²) in [5, 5.41) is 17.1. The first kappa shape index (κ1) is 28.1. The maximum Gasteiger partial charge on any atom is 0.294 e. The normalized spacial score (nSPS) is 24.0. The quantitative estimate of drug-likeness (QED) is 0.427. The highest BCUT2D eigenvalue weighted by Gasteiger charge is 2.68. The van der Waals surface area contributed by atoms with Crippen molar-refractivity contribution in [2.24, 2.45) is 32.6 Å². The van der Waals surface area contributed by atoms with Gasteiger partial charge in [-0.1, -0.05) is 36.4 Å². The number of benzene rings is 3. The van der Waals surface area contributed by atoms with E-state index in [-0.39, 0.29) is 22.0 Å². The Morgan fingerprint density at radius 2 is 1.05 bits per heavy atom. The molecule has 3 amide bonds. The summed E-state index contributed by atoms with van der Waals surface area (Å²) in [5.74, 6) is -4.09. The van der Waals surface area contributed by atoms with Crippen molar-refractivity contribution in [3.63, 3.8) is 0 Å². The number of carbonyl (C=O) groups is 3. The van der Waals surface area contributed by atoms with Crippen molar-refractivity contribution in [1.29, 1.82) is 0 Å². The van der Waals surface area contributed by atoms with E-state index >= 15 is 0 Å². The molecule has 43 heavy (non-hydrogen) atoms. The summed E-state index contributed by atoms with van der Waals surface area (Å²) >= 11 is 0. The van der Waals surface area contributed by atoms with Crippen LogP contribution in [0.2, 0.25) is 0 Å². The van der Waals surface area contributed by atoms with E-state index in [0.29, 0.717) is 17.1 Å². The van der Waals surface area contributed by atoms with Crippen LogP contribution in [0.15, 0.2) is 105 Å². The summed E-state index contributed by atoms with van der Waals surface area (Å²) in [6.07, 6.45) is 0. The van der Waals surface area contributed by atoms with Crippen LogP contribution in [0.4, 0.5) is 17.1 Å². The summed E-state index contributed by atoms with van der Waals surface area (Å²) < 4.78 is 32.5. The maximum atomic E-state index is 14.7. The highest BCUT2D eigenvalue weighted by Crippen LogP contribution is 2.51. The van der Waals surface area contributed by atoms with E-state index in [1.807, 2.05) is 6.07 Å². The fourth-order valence-corrected chi connectivity index (χ4v) is 6.54. The highest BCUT2D eigenvalue weighted by atomic mass is 32.2. The molecular formula is C30H26N6O6S. The summed E-state index contributed by atoms with van der Waals surface area (Å²) in [4.78, 5) is 42.9. The van der Waals surface area contributed by atoms with Gasteiger partial charge in [-0.05, 0) is 69.3 Å². The van der Waals surface area contributed by atoms with Gasteiger partial charge in [-0.2, -0.15) is 28.7 Å². The van der Waals surface area contributed by atoms with Crippen molar-refractivity contribution in [2.75, 3.05) is 15.0 Å². The molecule has 0 spiro atoms. The van der Waals surface area contributed by atoms with Crippen molar-refractivity contribution in [1.82, 2.24) is 0 Å². The zero-order valence-electron chi connectivity index (χ0n) is 23.3. The van der Waals surface area contributed by atoms with E-state index < -0.39 is 45.1 Å². The third-order valence-corrected chi connectivity index (χ3v) is 8.82. The molecule has 1 N–H and O–H groups in total. The Morgan fingerprint density at radius 3 is 1.49 bits per heavy atom. The molecule has 0 aromatic heterocycles. The van der Waals surface area contributed by atoms with E-state index in [2.05, 4.69) is 15.3 Å². The van der Waals surface area contributed by atoms with Gasteiger partial charge in [0, 0.05) is 11.4 Å². The van der Waals surface area contributed by atoms with Gasteiger partial charge < -0.3 is 0 Å². The Morgan fingerprint density at radius 1 is 0.628 bits per heavy atom. The molecule has 0 unspecified atom stereocenters. The number of para-hydroxylation sites is 2. The standard InChI is InChI=1S/C30H26N6O6S/c1-18-25(27(37)34(31-18)21-10-6-4-7-11-21)30(20(3)33-36(29(30)39)22-12-8-5-9-13-22)26-19(2)32-35(28(26)38)23-14-16-24(17-15-23)43(40,41)42/h4-17,25-26H,1-3H3,(H,40,41,42)/t25-,26-,30+/m1/s1. The minimum absolute atomic E-state index is 0.211. The SMILES string of the molecule is CC1=NN(c2ccccc2)C(=O)[C@@H]1[C@@]1([C@H]2C(=O)N(c3ccc(S(=O)(=O)O)cc3)N=C2C)C(=O)N(c2ccccc2)N=C1C. The Labute approximate surface area is 247 Å². The van der Waals surface area contributed by atoms with Crippen molar-refractivity contribution in [2.45, 2.75) is 25.7 Å². The molecule has 0 bridgehead atoms. The smallest absolute Gasteiger partial charge is 0.282 e. The van der Waals surface area contributed by atoms with Crippen LogP contribution in [-0.4, -0.2) is 47.8 Å². The van der Waals surface area contributed by atoms with E-state index in [0.717, 1.165) is 17.1 Å². The molecule has 13 heteroatoms. The Kier molecular flexibility index (Phi) is 6.58. The molecular weight excluding hydrogens is 572 g/mol. The number of nitrogens with zero attached hydrogens (tertiary/aromatic N) is 6. The number of anilines is 3. The van der Waals surface area contributed by atoms with Crippen molar-refractivity contribution in [3.05, 3.63) is 84.9 Å². The first-order chi connectivity index (χ1) is 20.5. The van der Waals surface area contributed by atoms with Crippen LogP contribution in [0.3, 0.4) is 0 Å². The van der Waals surface area contributed by atoms with Crippen LogP contribution in [0.25, 0.3) is 0 Å². The molecule has 3 atom stereocenters. The van der Waals surface area contributed by atoms with Crippen molar-refractivity contribution in [3.8, 4) is 0 Å². The zero-order valence-corrected chi connectivity index (χ0v) is 24.1. The average molecular weight is 599 g/mol. The predicted octanol–water partition coefficient (Wildman–Crippen LogP) is 3.72. The predicted molar refractivity (Wildman–Crippen MR) is 160 cm³/mol. The van der Waals surface area contributed by atoms with Crippen LogP contribution in [0.1, 0.15) is 20.8 Å². The molecule has 0 aliphatic carbocycles. The number of hydrazone groups is 3. The highest BCUT2D eigenvalue weighted by molar-refractivity contribution is 7.85. The monoisotopic (exact) mass is 598 g/mol. The molecule has 0 radical (unpaired) electrons. The first-order valence-corrected chi connectivity index (χ1v) is 14.8. The number of amides is 3. The lowest BCUT2D eigenvalue weighted by atomic mass is 9.60. The molecule has 0 saturated carbocycles. The van der Waals surface area contributed by atoms with Crippen LogP contribution in [0, 0.1) is 17.3 Å². The largest absolute Gasteiger partial charge is 0.294 e. The molecule has 0 fully saturated rings. The second kappa shape index (κ2) is 10.1. The van der Waals surface area contributed by atoms with Gasteiger partial charge in [0.05, 0.1) is 27.7 Å². The van der Waals surface area contributed by atoms with Gasteiger partial charge in [0.2, 0.25) is 0 Å². The van der Waals surface area contributed by atoms with Gasteiger partial charge in [-0.25, -0.2) is 10.0 Å². The van der Waals surface area contributed by atoms with E-state index in [1.54, 1.807) is 75.4 Å². The lowest BCUT2D eigenvalue weighted by Gasteiger charge is -2.37. The van der Waals surface area contributed by atoms with Crippen LogP contribution in [-0.2, 0) is 24.5 Å². The van der Waals surface area contributed by atoms with E-state index in [4.69, 9.17) is 0 Å². The van der Waals surface area contributed by atoms with Crippen LogP contribution in [0.5, 0.6) is 0 Å². The summed E-state index contributed by atoms with van der Waals surface area (Å²) in [7, 11) is -4.46. The third-order valence-electron chi connectivity index (χ3n) is 7.95. The Hall–Kier alpha value is -5.01. The van der Waals surface area contributed by atoms with Crippen molar-refractivity contribution < 1.29 is 27.4 Å². The second-order valence-electron chi connectivity index (χ2n) is 10.5. The summed E-state index contributed by atoms with van der Waals surface area (Å²) in [6, 6.07) is 22.4. The molecule has 0 saturated heterocycles. The molecule has 3 aliphatic heterocycles. The summed E-state index contributed by atoms with van der Waals surface area (Å²) in [6.45, 7) is 4.87. The van der Waals surface area contributed by atoms with E-state index in [9.17, 15) is 27.4 Å². The van der Waals surface area contributed by atoms with E-state index in [1.165, 1.54) is 22.2 Å². The Balaban J connectivity index is 1.48. The van der Waals surface area contributed by atoms with Gasteiger partial charge in [-0.3, -0.25) is 18.9 Å². The first-order valence-electron chi connectivity index (χ1n) is 13.3. The van der Waals surface area contributed by atoms with Gasteiger partial charge >= 0.3 is 0 Å². The van der Waals surface area contributed by atoms with Gasteiger partial charge in [0.25, 0.3) is 27.8 Å². The van der Waals surface area contributed by atoms with Crippen molar-refractivity contribution >= 4 is 62.0 Å². The fourth-order valence-electron chi connectivity index (χ4n) is 6.06. The van der Waals surface area contributed by atoms with Gasteiger partial charge in [0.1, 0.15) is 17.3 Å². The molecule has 3 aromatic rings. The number of hydrogen-bond donors (Lipinski definition) is 1. The zero-order chi connectivity index (χ0) is 30.7. The molecule has 6 rings (SSSR count). The fraction of sp³-hybridized carbons (Fsp3) is 0.200. The number of carbonyl (C=O) groups excluding carboxylic acids is 3. The minimum atomic E-state index is -4.46. The topological polar surface area (TPSA) is 152 Å². The third kappa shape index (κ3) is 4.27. The van der Waals surface area contributed by atoms with Gasteiger partial charge in [-0.15, -0.1) is 0 Å². The molecule has 12 nitrogen and oxygen atoms in total. The lowest BCUT2D eigenvalue weighted by molar-refractivity contribution is -0.136. The maximum absolute atomic E-state index is 14.7. The summed E-state index contributed by atoms with van der Waals surface area (Å²) in [5.41, 5.74) is 0.227. The molecule has 3 aliphatic rings. The molecule has 3 heterocycles. The minimum Gasteiger partial charge on any atom is -0.282 e. The second-order valence-corrected chi connectivity index (χ2v) is 11.9. The number of rotatable bonds is 6. The molecule has 218 valence electrons. The Bertz CT molecular complexity index is 1860. The number of hydrogen-bond acceptors (Lipinski definition) is 8. The van der Waals surface area contributed by atoms with Crippen LogP contribution >= 0.6 is 0 Å². The average Bonchev–Trinajstić information content (AvgIpc) is 3.56. The van der Waals surface area contributed by atoms with Crippen LogP contribution < -0.4 is 15.0 Å². The molecule has 3 aromatic carbocycles. The van der Waals surface area contributed by atoms with Gasteiger partial charge in [0.15, 0.2) is 0 Å².